The van der Waals surface area contributed by atoms with E-state index in [4.69, 9.17) is 0 Å². The summed E-state index contributed by atoms with van der Waals surface area (Å²) in [5.74, 6) is -5.28. The third-order valence-electron chi connectivity index (χ3n) is 8.56. The maximum absolute atomic E-state index is 13.4. The van der Waals surface area contributed by atoms with Crippen LogP contribution < -0.4 is 0 Å². The van der Waals surface area contributed by atoms with Crippen LogP contribution in [0, 0.1) is 23.7 Å². The van der Waals surface area contributed by atoms with Gasteiger partial charge in [-0.1, -0.05) is 19.3 Å². The lowest BCUT2D eigenvalue weighted by Gasteiger charge is -2.44. The van der Waals surface area contributed by atoms with Crippen molar-refractivity contribution in [3.05, 3.63) is 0 Å². The average molecular weight is 530 g/mol. The predicted octanol–water partition coefficient (Wildman–Crippen LogP) is 5.73. The lowest BCUT2D eigenvalue weighted by atomic mass is 9.73. The number of rotatable bonds is 7. The smallest absolute Gasteiger partial charge is 0.298 e. The van der Waals surface area contributed by atoms with Gasteiger partial charge in [0.25, 0.3) is 5.91 Å². The molecule has 1 amide bonds. The van der Waals surface area contributed by atoms with E-state index in [2.05, 4.69) is 23.6 Å². The van der Waals surface area contributed by atoms with E-state index in [1.54, 1.807) is 0 Å². The van der Waals surface area contributed by atoms with Crippen molar-refractivity contribution < 1.29 is 36.3 Å². The van der Waals surface area contributed by atoms with E-state index in [1.807, 2.05) is 0 Å². The summed E-state index contributed by atoms with van der Waals surface area (Å²) in [6, 6.07) is -0.122. The number of amides is 1. The van der Waals surface area contributed by atoms with E-state index in [-0.39, 0.29) is 18.9 Å². The second kappa shape index (κ2) is 12.2. The van der Waals surface area contributed by atoms with Crippen LogP contribution >= 0.6 is 0 Å². The van der Waals surface area contributed by atoms with Crippen LogP contribution in [-0.4, -0.2) is 83.1 Å². The topological polar surface area (TPSA) is 47.0 Å². The van der Waals surface area contributed by atoms with Crippen LogP contribution in [0.2, 0.25) is 0 Å². The molecule has 1 aliphatic heterocycles. The van der Waals surface area contributed by atoms with Crippen LogP contribution in [0.1, 0.15) is 71.6 Å². The first-order valence-electron chi connectivity index (χ1n) is 13.4. The number of hydrogen-bond acceptors (Lipinski definition) is 4. The highest BCUT2D eigenvalue weighted by Gasteiger charge is 2.51. The minimum Gasteiger partial charge on any atom is -0.298 e. The van der Waals surface area contributed by atoms with Gasteiger partial charge in [-0.05, 0) is 64.2 Å². The number of carbonyl (C=O) groups is 1. The Morgan fingerprint density at radius 3 is 1.83 bits per heavy atom. The minimum atomic E-state index is -4.69. The first-order valence-corrected chi connectivity index (χ1v) is 13.4. The van der Waals surface area contributed by atoms with E-state index in [1.165, 1.54) is 0 Å². The highest BCUT2D eigenvalue weighted by molar-refractivity contribution is 5.81. The Morgan fingerprint density at radius 1 is 0.861 bits per heavy atom. The molecule has 0 aromatic heterocycles. The highest BCUT2D eigenvalue weighted by atomic mass is 19.4. The zero-order valence-electron chi connectivity index (χ0n) is 21.3. The van der Waals surface area contributed by atoms with E-state index in [0.717, 1.165) is 45.2 Å². The quantitative estimate of drug-likeness (QED) is 0.260. The largest absolute Gasteiger partial charge is 0.391 e. The number of hydrogen-bond donors (Lipinski definition) is 1. The van der Waals surface area contributed by atoms with Crippen LogP contribution in [0.3, 0.4) is 0 Å². The van der Waals surface area contributed by atoms with Crippen molar-refractivity contribution in [2.45, 2.75) is 96.1 Å². The fraction of sp³-hybridized carbons (Fsp3) is 0.960. The second-order valence-corrected chi connectivity index (χ2v) is 11.3. The molecule has 3 aliphatic rings. The van der Waals surface area contributed by atoms with Crippen LogP contribution in [-0.2, 0) is 4.79 Å². The van der Waals surface area contributed by atoms with Gasteiger partial charge in [-0.3, -0.25) is 19.8 Å². The molecule has 1 heterocycles. The SMILES string of the molecule is CC(C)N1CCN(C(C(=O)N(O)CCC2CC(C(F)(F)F)CC(C(F)(F)F)C2)C2CCCCC2)CC1. The van der Waals surface area contributed by atoms with Crippen molar-refractivity contribution in [1.82, 2.24) is 14.9 Å². The van der Waals surface area contributed by atoms with Gasteiger partial charge in [0.05, 0.1) is 17.9 Å². The molecule has 1 N–H and O–H groups in total. The Kier molecular flexibility index (Phi) is 9.99. The zero-order chi connectivity index (χ0) is 26.7. The Hall–Kier alpha value is -1.07. The molecule has 3 fully saturated rings. The molecule has 3 rings (SSSR count). The van der Waals surface area contributed by atoms with Gasteiger partial charge in [0, 0.05) is 38.8 Å². The van der Waals surface area contributed by atoms with Crippen LogP contribution in [0.15, 0.2) is 0 Å². The number of alkyl halides is 6. The maximum atomic E-state index is 13.4. The summed E-state index contributed by atoms with van der Waals surface area (Å²) in [6.07, 6.45) is -6.36. The number of halogens is 6. The van der Waals surface area contributed by atoms with Crippen LogP contribution in [0.5, 0.6) is 0 Å². The van der Waals surface area contributed by atoms with Gasteiger partial charge in [0.15, 0.2) is 0 Å². The first-order chi connectivity index (χ1) is 16.8. The second-order valence-electron chi connectivity index (χ2n) is 11.3. The maximum Gasteiger partial charge on any atom is 0.391 e. The summed E-state index contributed by atoms with van der Waals surface area (Å²) in [4.78, 5) is 17.9. The molecule has 3 atom stereocenters. The van der Waals surface area contributed by atoms with Crippen molar-refractivity contribution in [1.29, 1.82) is 0 Å². The van der Waals surface area contributed by atoms with Gasteiger partial charge < -0.3 is 0 Å². The van der Waals surface area contributed by atoms with Crippen molar-refractivity contribution in [3.63, 3.8) is 0 Å². The monoisotopic (exact) mass is 529 g/mol. The summed E-state index contributed by atoms with van der Waals surface area (Å²) >= 11 is 0. The predicted molar refractivity (Wildman–Crippen MR) is 123 cm³/mol. The summed E-state index contributed by atoms with van der Waals surface area (Å²) < 4.78 is 79.8. The molecule has 36 heavy (non-hydrogen) atoms. The van der Waals surface area contributed by atoms with Crippen LogP contribution in [0.4, 0.5) is 26.3 Å². The van der Waals surface area contributed by atoms with E-state index in [9.17, 15) is 36.3 Å². The average Bonchev–Trinajstić information content (AvgIpc) is 2.82. The molecule has 0 radical (unpaired) electrons. The van der Waals surface area contributed by atoms with E-state index < -0.39 is 61.3 Å². The molecule has 2 saturated carbocycles. The fourth-order valence-corrected chi connectivity index (χ4v) is 6.41. The number of nitrogens with zero attached hydrogens (tertiary/aromatic N) is 3. The van der Waals surface area contributed by atoms with Crippen molar-refractivity contribution in [3.8, 4) is 0 Å². The summed E-state index contributed by atoms with van der Waals surface area (Å²) in [5.41, 5.74) is 0. The number of carbonyl (C=O) groups excluding carboxylic acids is 1. The Balaban J connectivity index is 1.65. The Labute approximate surface area is 210 Å². The van der Waals surface area contributed by atoms with Gasteiger partial charge >= 0.3 is 12.4 Å². The zero-order valence-corrected chi connectivity index (χ0v) is 21.3. The fourth-order valence-electron chi connectivity index (χ4n) is 6.41. The normalized spacial score (nSPS) is 28.9. The van der Waals surface area contributed by atoms with Gasteiger partial charge in [0.1, 0.15) is 0 Å². The van der Waals surface area contributed by atoms with Crippen molar-refractivity contribution in [2.24, 2.45) is 23.7 Å². The molecule has 0 bridgehead atoms. The molecule has 11 heteroatoms. The molecule has 5 nitrogen and oxygen atoms in total. The number of piperazine rings is 1. The van der Waals surface area contributed by atoms with Gasteiger partial charge in [-0.2, -0.15) is 26.3 Å². The standard InChI is InChI=1S/C25H41F6N3O2/c1-17(2)32-10-12-33(13-11-32)22(19-6-4-3-5-7-19)23(35)34(36)9-8-18-14-20(24(26,27)28)16-21(15-18)25(29,30)31/h17-22,36H,3-16H2,1-2H3. The first kappa shape index (κ1) is 29.5. The minimum absolute atomic E-state index is 0.0834. The lowest BCUT2D eigenvalue weighted by molar-refractivity contribution is -0.229. The molecule has 1 saturated heterocycles. The summed E-state index contributed by atoms with van der Waals surface area (Å²) in [6.45, 7) is 6.95. The molecule has 0 aromatic carbocycles. The Bertz CT molecular complexity index is 681. The summed E-state index contributed by atoms with van der Waals surface area (Å²) in [7, 11) is 0. The molecular formula is C25H41F6N3O2. The van der Waals surface area contributed by atoms with Gasteiger partial charge in [-0.15, -0.1) is 0 Å². The summed E-state index contributed by atoms with van der Waals surface area (Å²) in [5, 5.41) is 11.3. The highest BCUT2D eigenvalue weighted by Crippen LogP contribution is 2.48. The van der Waals surface area contributed by atoms with Gasteiger partial charge in [-0.25, -0.2) is 5.06 Å². The molecular weight excluding hydrogens is 488 g/mol. The van der Waals surface area contributed by atoms with E-state index in [0.29, 0.717) is 24.2 Å². The molecule has 0 aromatic rings. The van der Waals surface area contributed by atoms with Crippen molar-refractivity contribution in [2.75, 3.05) is 32.7 Å². The third-order valence-corrected chi connectivity index (χ3v) is 8.56. The molecule has 210 valence electrons. The lowest BCUT2D eigenvalue weighted by Crippen LogP contribution is -2.58. The van der Waals surface area contributed by atoms with Gasteiger partial charge in [0.2, 0.25) is 0 Å². The molecule has 2 aliphatic carbocycles. The molecule has 3 unspecified atom stereocenters. The number of hydroxylamine groups is 2. The molecule has 0 spiro atoms. The van der Waals surface area contributed by atoms with E-state index >= 15 is 0 Å². The Morgan fingerprint density at radius 2 is 1.36 bits per heavy atom. The van der Waals surface area contributed by atoms with Crippen molar-refractivity contribution >= 4 is 5.91 Å². The van der Waals surface area contributed by atoms with Crippen LogP contribution in [0.25, 0.3) is 0 Å². The third kappa shape index (κ3) is 7.72.